The van der Waals surface area contributed by atoms with E-state index in [1.54, 1.807) is 35.5 Å². The molecular weight excluding hydrogens is 295 g/mol. The molecule has 0 saturated heterocycles. The Kier molecular flexibility index (Phi) is 3.04. The largest absolute Gasteiger partial charge is 0.261 e. The third-order valence-corrected chi connectivity index (χ3v) is 3.33. The zero-order chi connectivity index (χ0) is 15.8. The summed E-state index contributed by atoms with van der Waals surface area (Å²) >= 11 is 0. The maximum Gasteiger partial charge on any atom is 0.222 e. The number of nitrogens with zero attached hydrogens (tertiary/aromatic N) is 6. The quantitative estimate of drug-likeness (QED) is 0.532. The Balaban J connectivity index is 1.90. The van der Waals surface area contributed by atoms with Crippen molar-refractivity contribution in [3.63, 3.8) is 0 Å². The summed E-state index contributed by atoms with van der Waals surface area (Å²) in [6, 6.07) is 7.32. The molecule has 0 spiro atoms. The zero-order valence-electron chi connectivity index (χ0n) is 12.1. The molecule has 4 heterocycles. The molecule has 4 rings (SSSR count). The minimum Gasteiger partial charge on any atom is -0.261 e. The van der Waals surface area contributed by atoms with E-state index < -0.39 is 5.95 Å². The molecule has 0 saturated carbocycles. The average Bonchev–Trinajstić information content (AvgIpc) is 2.98. The minimum atomic E-state index is -0.676. The maximum atomic E-state index is 13.3. The van der Waals surface area contributed by atoms with Crippen LogP contribution in [-0.4, -0.2) is 29.7 Å². The summed E-state index contributed by atoms with van der Waals surface area (Å²) in [6.45, 7) is 1.87. The smallest absolute Gasteiger partial charge is 0.222 e. The Labute approximate surface area is 130 Å². The van der Waals surface area contributed by atoms with Gasteiger partial charge in [-0.1, -0.05) is 0 Å². The van der Waals surface area contributed by atoms with Crippen LogP contribution < -0.4 is 0 Å². The molecule has 0 aliphatic rings. The van der Waals surface area contributed by atoms with Gasteiger partial charge in [0.05, 0.1) is 29.3 Å². The first kappa shape index (κ1) is 13.4. The molecule has 4 aromatic rings. The van der Waals surface area contributed by atoms with Crippen molar-refractivity contribution >= 4 is 10.9 Å². The molecule has 0 amide bonds. The number of rotatable bonds is 2. The Morgan fingerprint density at radius 3 is 2.83 bits per heavy atom. The number of hydrogen-bond donors (Lipinski definition) is 0. The van der Waals surface area contributed by atoms with Gasteiger partial charge in [-0.05, 0) is 25.1 Å². The molecule has 7 heteroatoms. The summed E-state index contributed by atoms with van der Waals surface area (Å²) in [6.07, 6.45) is 6.69. The van der Waals surface area contributed by atoms with Crippen molar-refractivity contribution in [2.24, 2.45) is 0 Å². The first-order valence-corrected chi connectivity index (χ1v) is 6.88. The van der Waals surface area contributed by atoms with Crippen LogP contribution >= 0.6 is 0 Å². The number of halogens is 1. The van der Waals surface area contributed by atoms with E-state index in [1.165, 1.54) is 6.07 Å². The SMILES string of the molecule is Cc1cncc(-c2cc3c(cn2)cnn3-c2cc[c]c(F)n2)n1. The summed E-state index contributed by atoms with van der Waals surface area (Å²) in [5.41, 5.74) is 2.90. The van der Waals surface area contributed by atoms with Crippen molar-refractivity contribution in [1.29, 1.82) is 0 Å². The van der Waals surface area contributed by atoms with Gasteiger partial charge >= 0.3 is 0 Å². The maximum absolute atomic E-state index is 13.3. The van der Waals surface area contributed by atoms with Crippen LogP contribution in [0.15, 0.2) is 43.0 Å². The van der Waals surface area contributed by atoms with Crippen molar-refractivity contribution in [2.75, 3.05) is 0 Å². The molecule has 6 nitrogen and oxygen atoms in total. The van der Waals surface area contributed by atoms with E-state index in [0.717, 1.165) is 16.6 Å². The van der Waals surface area contributed by atoms with Gasteiger partial charge in [0.15, 0.2) is 5.82 Å². The lowest BCUT2D eigenvalue weighted by molar-refractivity contribution is 0.576. The van der Waals surface area contributed by atoms with Crippen LogP contribution in [0.5, 0.6) is 0 Å². The van der Waals surface area contributed by atoms with Crippen LogP contribution in [-0.2, 0) is 0 Å². The standard InChI is InChI=1S/C16H10FN6/c1-10-6-18-9-13(21-10)12-5-14-11(7-19-12)8-20-23(14)16-4-2-3-15(17)22-16/h2,4-9H,1H3. The first-order chi connectivity index (χ1) is 11.2. The van der Waals surface area contributed by atoms with Gasteiger partial charge in [0.25, 0.3) is 0 Å². The predicted molar refractivity (Wildman–Crippen MR) is 81.2 cm³/mol. The van der Waals surface area contributed by atoms with Gasteiger partial charge in [-0.25, -0.2) is 9.67 Å². The highest BCUT2D eigenvalue weighted by molar-refractivity contribution is 5.82. The third kappa shape index (κ3) is 2.42. The van der Waals surface area contributed by atoms with Gasteiger partial charge in [-0.3, -0.25) is 9.97 Å². The highest BCUT2D eigenvalue weighted by Gasteiger charge is 2.10. The summed E-state index contributed by atoms with van der Waals surface area (Å²) in [5, 5.41) is 5.08. The minimum absolute atomic E-state index is 0.378. The second-order valence-electron chi connectivity index (χ2n) is 4.97. The second kappa shape index (κ2) is 5.20. The molecule has 0 aromatic carbocycles. The molecule has 0 bridgehead atoms. The molecule has 0 aliphatic carbocycles. The molecule has 0 unspecified atom stereocenters. The summed E-state index contributed by atoms with van der Waals surface area (Å²) in [4.78, 5) is 16.7. The highest BCUT2D eigenvalue weighted by atomic mass is 19.1. The monoisotopic (exact) mass is 305 g/mol. The van der Waals surface area contributed by atoms with Crippen molar-refractivity contribution in [2.45, 2.75) is 6.92 Å². The fourth-order valence-electron chi connectivity index (χ4n) is 2.30. The van der Waals surface area contributed by atoms with E-state index in [2.05, 4.69) is 31.1 Å². The lowest BCUT2D eigenvalue weighted by atomic mass is 10.2. The number of aryl methyl sites for hydroxylation is 1. The Bertz CT molecular complexity index is 1010. The van der Waals surface area contributed by atoms with E-state index >= 15 is 0 Å². The molecule has 0 atom stereocenters. The van der Waals surface area contributed by atoms with Gasteiger partial charge in [0.2, 0.25) is 5.95 Å². The van der Waals surface area contributed by atoms with Gasteiger partial charge in [0, 0.05) is 23.8 Å². The zero-order valence-corrected chi connectivity index (χ0v) is 12.1. The number of aromatic nitrogens is 6. The van der Waals surface area contributed by atoms with E-state index in [0.29, 0.717) is 17.2 Å². The summed E-state index contributed by atoms with van der Waals surface area (Å²) in [7, 11) is 0. The lowest BCUT2D eigenvalue weighted by Gasteiger charge is -2.04. The van der Waals surface area contributed by atoms with Gasteiger partial charge in [-0.15, -0.1) is 0 Å². The molecule has 4 aromatic heterocycles. The third-order valence-electron chi connectivity index (χ3n) is 3.33. The molecule has 0 N–H and O–H groups in total. The van der Waals surface area contributed by atoms with Crippen molar-refractivity contribution in [3.8, 4) is 17.2 Å². The van der Waals surface area contributed by atoms with Crippen molar-refractivity contribution in [1.82, 2.24) is 29.7 Å². The molecule has 0 aliphatic heterocycles. The molecular formula is C16H10FN6. The molecule has 111 valence electrons. The number of hydrogen-bond acceptors (Lipinski definition) is 5. The molecule has 23 heavy (non-hydrogen) atoms. The normalized spacial score (nSPS) is 11.0. The van der Waals surface area contributed by atoms with Crippen LogP contribution in [0.4, 0.5) is 4.39 Å². The van der Waals surface area contributed by atoms with Gasteiger partial charge in [-0.2, -0.15) is 14.5 Å². The predicted octanol–water partition coefficient (Wildman–Crippen LogP) is 2.52. The summed E-state index contributed by atoms with van der Waals surface area (Å²) in [5.74, 6) is -0.297. The fraction of sp³-hybridized carbons (Fsp3) is 0.0625. The van der Waals surface area contributed by atoms with Gasteiger partial charge in [0.1, 0.15) is 5.69 Å². The number of fused-ring (bicyclic) bond motifs is 1. The Hall–Kier alpha value is -3.22. The van der Waals surface area contributed by atoms with Crippen LogP contribution in [0.25, 0.3) is 28.1 Å². The average molecular weight is 305 g/mol. The highest BCUT2D eigenvalue weighted by Crippen LogP contribution is 2.22. The van der Waals surface area contributed by atoms with Crippen LogP contribution in [0, 0.1) is 18.9 Å². The van der Waals surface area contributed by atoms with E-state index in [-0.39, 0.29) is 0 Å². The second-order valence-corrected chi connectivity index (χ2v) is 4.97. The van der Waals surface area contributed by atoms with Crippen molar-refractivity contribution in [3.05, 3.63) is 60.7 Å². The molecule has 0 fully saturated rings. The number of pyridine rings is 2. The van der Waals surface area contributed by atoms with E-state index in [1.807, 2.05) is 13.0 Å². The first-order valence-electron chi connectivity index (χ1n) is 6.88. The summed E-state index contributed by atoms with van der Waals surface area (Å²) < 4.78 is 14.9. The van der Waals surface area contributed by atoms with Crippen molar-refractivity contribution < 1.29 is 4.39 Å². The van der Waals surface area contributed by atoms with Crippen LogP contribution in [0.2, 0.25) is 0 Å². The Morgan fingerprint density at radius 1 is 1.09 bits per heavy atom. The Morgan fingerprint density at radius 2 is 2.00 bits per heavy atom. The van der Waals surface area contributed by atoms with E-state index in [9.17, 15) is 4.39 Å². The van der Waals surface area contributed by atoms with Crippen LogP contribution in [0.3, 0.4) is 0 Å². The molecule has 1 radical (unpaired) electrons. The van der Waals surface area contributed by atoms with Gasteiger partial charge < -0.3 is 0 Å². The van der Waals surface area contributed by atoms with Crippen LogP contribution in [0.1, 0.15) is 5.69 Å². The fourth-order valence-corrected chi connectivity index (χ4v) is 2.30. The van der Waals surface area contributed by atoms with E-state index in [4.69, 9.17) is 0 Å². The topological polar surface area (TPSA) is 69.4 Å². The lowest BCUT2D eigenvalue weighted by Crippen LogP contribution is -2.01.